The number of hydrogen-bond acceptors (Lipinski definition) is 6. The number of carbonyl (C=O) groups is 1. The van der Waals surface area contributed by atoms with E-state index in [1.807, 2.05) is 12.1 Å². The zero-order valence-electron chi connectivity index (χ0n) is 13.1. The van der Waals surface area contributed by atoms with Gasteiger partial charge >= 0.3 is 0 Å². The van der Waals surface area contributed by atoms with E-state index >= 15 is 0 Å². The highest BCUT2D eigenvalue weighted by Gasteiger charge is 2.16. The van der Waals surface area contributed by atoms with E-state index in [4.69, 9.17) is 21.8 Å². The Morgan fingerprint density at radius 3 is 2.65 bits per heavy atom. The first kappa shape index (κ1) is 18.6. The number of nitrogens with zero attached hydrogens (tertiary/aromatic N) is 1. The molecule has 1 aromatic carbocycles. The number of carbonyl (C=O) groups excluding carboxylic acids is 1. The van der Waals surface area contributed by atoms with Crippen molar-refractivity contribution in [3.05, 3.63) is 67.8 Å². The molecule has 0 unspecified atom stereocenters. The van der Waals surface area contributed by atoms with Gasteiger partial charge in [0.2, 0.25) is 0 Å². The van der Waals surface area contributed by atoms with Crippen molar-refractivity contribution in [3.8, 4) is 0 Å². The van der Waals surface area contributed by atoms with E-state index in [1.54, 1.807) is 18.2 Å². The summed E-state index contributed by atoms with van der Waals surface area (Å²) in [6, 6.07) is 10.4. The summed E-state index contributed by atoms with van der Waals surface area (Å²) in [7, 11) is 0. The average Bonchev–Trinajstić information content (AvgIpc) is 3.04. The second-order valence-electron chi connectivity index (χ2n) is 5.10. The number of aromatic nitrogens is 2. The summed E-state index contributed by atoms with van der Waals surface area (Å²) in [4.78, 5) is 31.0. The van der Waals surface area contributed by atoms with Crippen molar-refractivity contribution in [1.29, 1.82) is 0 Å². The largest absolute Gasteiger partial charge is 0.444 e. The number of H-pyrrole nitrogens is 1. The van der Waals surface area contributed by atoms with E-state index in [1.165, 1.54) is 17.8 Å². The fourth-order valence-electron chi connectivity index (χ4n) is 2.00. The highest BCUT2D eigenvalue weighted by atomic mass is 79.9. The standard InChI is InChI=1S/C16H12BrClN4O3S/c17-11-6-5-10(25-11)14(23)20-12-13(19)21-16(22-15(12)24)26-7-8-1-3-9(18)4-2-8/h1-6H,7H2,(H,20,23)(H3,19,21,22,24). The van der Waals surface area contributed by atoms with Crippen molar-refractivity contribution in [1.82, 2.24) is 9.97 Å². The van der Waals surface area contributed by atoms with Crippen LogP contribution in [0.25, 0.3) is 0 Å². The number of aromatic amines is 1. The number of nitrogens with two attached hydrogens (primary N) is 1. The van der Waals surface area contributed by atoms with Crippen molar-refractivity contribution < 1.29 is 9.21 Å². The second kappa shape index (κ2) is 7.98. The van der Waals surface area contributed by atoms with E-state index < -0.39 is 11.5 Å². The highest BCUT2D eigenvalue weighted by molar-refractivity contribution is 9.10. The maximum atomic E-state index is 12.2. The second-order valence-corrected chi connectivity index (χ2v) is 7.29. The first-order valence-corrected chi connectivity index (χ1v) is 9.42. The summed E-state index contributed by atoms with van der Waals surface area (Å²) in [5, 5.41) is 3.41. The Hall–Kier alpha value is -2.23. The van der Waals surface area contributed by atoms with Crippen molar-refractivity contribution in [2.24, 2.45) is 0 Å². The predicted molar refractivity (Wildman–Crippen MR) is 105 cm³/mol. The molecule has 3 rings (SSSR count). The molecular formula is C16H12BrClN4O3S. The Kier molecular flexibility index (Phi) is 5.70. The molecule has 0 aliphatic heterocycles. The van der Waals surface area contributed by atoms with Gasteiger partial charge in [0.05, 0.1) is 0 Å². The van der Waals surface area contributed by atoms with Gasteiger partial charge in [-0.15, -0.1) is 0 Å². The van der Waals surface area contributed by atoms with Crippen molar-refractivity contribution in [3.63, 3.8) is 0 Å². The van der Waals surface area contributed by atoms with E-state index in [-0.39, 0.29) is 17.3 Å². The number of thioether (sulfide) groups is 1. The Bertz CT molecular complexity index is 1000. The molecule has 1 amide bonds. The molecule has 0 radical (unpaired) electrons. The molecule has 26 heavy (non-hydrogen) atoms. The van der Waals surface area contributed by atoms with Crippen LogP contribution in [0.1, 0.15) is 16.1 Å². The predicted octanol–water partition coefficient (Wildman–Crippen LogP) is 3.91. The average molecular weight is 456 g/mol. The molecule has 10 heteroatoms. The molecule has 7 nitrogen and oxygen atoms in total. The topological polar surface area (TPSA) is 114 Å². The molecule has 4 N–H and O–H groups in total. The summed E-state index contributed by atoms with van der Waals surface area (Å²) in [6.07, 6.45) is 0. The van der Waals surface area contributed by atoms with Gasteiger partial charge in [0.1, 0.15) is 0 Å². The minimum absolute atomic E-state index is 0.0388. The first-order valence-electron chi connectivity index (χ1n) is 7.26. The molecule has 0 saturated carbocycles. The lowest BCUT2D eigenvalue weighted by atomic mass is 10.2. The minimum atomic E-state index is -0.601. The third-order valence-corrected chi connectivity index (χ3v) is 4.87. The normalized spacial score (nSPS) is 10.7. The lowest BCUT2D eigenvalue weighted by Crippen LogP contribution is -2.22. The lowest BCUT2D eigenvalue weighted by molar-refractivity contribution is 0.0995. The third-order valence-electron chi connectivity index (χ3n) is 3.25. The summed E-state index contributed by atoms with van der Waals surface area (Å²) < 4.78 is 5.53. The summed E-state index contributed by atoms with van der Waals surface area (Å²) in [6.45, 7) is 0. The molecule has 2 aromatic heterocycles. The maximum absolute atomic E-state index is 12.2. The Labute approximate surface area is 165 Å². The van der Waals surface area contributed by atoms with Crippen LogP contribution in [0.5, 0.6) is 0 Å². The molecule has 0 aliphatic carbocycles. The summed E-state index contributed by atoms with van der Waals surface area (Å²) in [5.74, 6) is -0.0643. The van der Waals surface area contributed by atoms with Gasteiger partial charge in [-0.25, -0.2) is 4.98 Å². The highest BCUT2D eigenvalue weighted by Crippen LogP contribution is 2.22. The monoisotopic (exact) mass is 454 g/mol. The summed E-state index contributed by atoms with van der Waals surface area (Å²) >= 11 is 10.3. The van der Waals surface area contributed by atoms with Crippen molar-refractivity contribution >= 4 is 56.7 Å². The first-order chi connectivity index (χ1) is 12.4. The Balaban J connectivity index is 1.72. The quantitative estimate of drug-likeness (QED) is 0.397. The van der Waals surface area contributed by atoms with Gasteiger partial charge in [0, 0.05) is 10.8 Å². The van der Waals surface area contributed by atoms with Gasteiger partial charge in [-0.05, 0) is 45.8 Å². The Morgan fingerprint density at radius 1 is 1.31 bits per heavy atom. The van der Waals surface area contributed by atoms with Crippen LogP contribution in [0.2, 0.25) is 5.02 Å². The molecule has 134 valence electrons. The maximum Gasteiger partial charge on any atom is 0.291 e. The number of hydrogen-bond donors (Lipinski definition) is 3. The SMILES string of the molecule is Nc1nc(SCc2ccc(Cl)cc2)[nH]c(=O)c1NC(=O)c1ccc(Br)o1. The molecule has 2 heterocycles. The van der Waals surface area contributed by atoms with Gasteiger partial charge < -0.3 is 15.5 Å². The molecule has 0 saturated heterocycles. The van der Waals surface area contributed by atoms with E-state index in [2.05, 4.69) is 31.2 Å². The number of benzene rings is 1. The van der Waals surface area contributed by atoms with Gasteiger partial charge in [-0.2, -0.15) is 0 Å². The van der Waals surface area contributed by atoms with Gasteiger partial charge in [-0.1, -0.05) is 35.5 Å². The van der Waals surface area contributed by atoms with E-state index in [0.717, 1.165) is 5.56 Å². The van der Waals surface area contributed by atoms with Crippen molar-refractivity contribution in [2.75, 3.05) is 11.1 Å². The smallest absolute Gasteiger partial charge is 0.291 e. The van der Waals surface area contributed by atoms with Crippen LogP contribution in [0.15, 0.2) is 55.4 Å². The van der Waals surface area contributed by atoms with Crippen LogP contribution in [0.4, 0.5) is 11.5 Å². The number of furan rings is 1. The van der Waals surface area contributed by atoms with Crippen LogP contribution in [-0.4, -0.2) is 15.9 Å². The number of rotatable bonds is 5. The molecule has 0 aliphatic rings. The number of halogens is 2. The van der Waals surface area contributed by atoms with Gasteiger partial charge in [0.15, 0.2) is 27.1 Å². The molecular weight excluding hydrogens is 444 g/mol. The van der Waals surface area contributed by atoms with E-state index in [0.29, 0.717) is 20.6 Å². The van der Waals surface area contributed by atoms with Gasteiger partial charge in [0.25, 0.3) is 11.5 Å². The third kappa shape index (κ3) is 4.48. The van der Waals surface area contributed by atoms with Crippen LogP contribution in [-0.2, 0) is 5.75 Å². The number of nitrogen functional groups attached to an aromatic ring is 1. The minimum Gasteiger partial charge on any atom is -0.444 e. The number of amides is 1. The van der Waals surface area contributed by atoms with Crippen LogP contribution in [0.3, 0.4) is 0 Å². The van der Waals surface area contributed by atoms with E-state index in [9.17, 15) is 9.59 Å². The number of nitrogens with one attached hydrogen (secondary N) is 2. The molecule has 0 bridgehead atoms. The Morgan fingerprint density at radius 2 is 2.04 bits per heavy atom. The molecule has 0 spiro atoms. The lowest BCUT2D eigenvalue weighted by Gasteiger charge is -2.07. The summed E-state index contributed by atoms with van der Waals surface area (Å²) in [5.41, 5.74) is 6.17. The van der Waals surface area contributed by atoms with Gasteiger partial charge in [-0.3, -0.25) is 14.6 Å². The fraction of sp³-hybridized carbons (Fsp3) is 0.0625. The number of anilines is 2. The molecule has 0 fully saturated rings. The van der Waals surface area contributed by atoms with Crippen molar-refractivity contribution in [2.45, 2.75) is 10.9 Å². The van der Waals surface area contributed by atoms with Crippen LogP contribution in [0, 0.1) is 0 Å². The zero-order chi connectivity index (χ0) is 18.7. The fourth-order valence-corrected chi connectivity index (χ4v) is 3.26. The van der Waals surface area contributed by atoms with Crippen LogP contribution >= 0.6 is 39.3 Å². The zero-order valence-corrected chi connectivity index (χ0v) is 16.2. The molecule has 3 aromatic rings. The van der Waals surface area contributed by atoms with Crippen LogP contribution < -0.4 is 16.6 Å². The molecule has 0 atom stereocenters.